The number of methoxy groups -OCH3 is 1. The summed E-state index contributed by atoms with van der Waals surface area (Å²) >= 11 is 1.50. The van der Waals surface area contributed by atoms with Crippen molar-refractivity contribution in [2.75, 3.05) is 38.2 Å². The van der Waals surface area contributed by atoms with Gasteiger partial charge in [0.05, 0.1) is 12.0 Å². The van der Waals surface area contributed by atoms with Crippen LogP contribution in [-0.2, 0) is 10.0 Å². The molecule has 2 aliphatic heterocycles. The lowest BCUT2D eigenvalue weighted by Gasteiger charge is -2.53. The first kappa shape index (κ1) is 18.3. The van der Waals surface area contributed by atoms with Crippen molar-refractivity contribution < 1.29 is 13.2 Å². The predicted molar refractivity (Wildman–Crippen MR) is 108 cm³/mol. The zero-order chi connectivity index (χ0) is 19.4. The Kier molecular flexibility index (Phi) is 4.37. The molecule has 1 saturated carbocycles. The normalized spacial score (nSPS) is 22.2. The van der Waals surface area contributed by atoms with Gasteiger partial charge in [-0.2, -0.15) is 8.68 Å². The van der Waals surface area contributed by atoms with E-state index in [1.165, 1.54) is 24.4 Å². The van der Waals surface area contributed by atoms with E-state index < -0.39 is 10.0 Å². The molecule has 9 heteroatoms. The fourth-order valence-corrected chi connectivity index (χ4v) is 6.36. The molecule has 3 fully saturated rings. The third-order valence-electron chi connectivity index (χ3n) is 6.18. The van der Waals surface area contributed by atoms with Crippen molar-refractivity contribution in [1.29, 1.82) is 0 Å². The summed E-state index contributed by atoms with van der Waals surface area (Å²) in [6.45, 7) is 3.07. The summed E-state index contributed by atoms with van der Waals surface area (Å²) in [5, 5.41) is 1.03. The highest BCUT2D eigenvalue weighted by atomic mass is 32.2. The van der Waals surface area contributed by atoms with Gasteiger partial charge >= 0.3 is 0 Å². The van der Waals surface area contributed by atoms with Gasteiger partial charge in [-0.3, -0.25) is 0 Å². The van der Waals surface area contributed by atoms with Crippen molar-refractivity contribution in [2.45, 2.75) is 36.5 Å². The highest BCUT2D eigenvalue weighted by Crippen LogP contribution is 2.45. The van der Waals surface area contributed by atoms with Crippen molar-refractivity contribution in [2.24, 2.45) is 5.41 Å². The van der Waals surface area contributed by atoms with Crippen molar-refractivity contribution in [3.63, 3.8) is 0 Å². The van der Waals surface area contributed by atoms with Crippen LogP contribution in [0.15, 0.2) is 29.2 Å². The minimum Gasteiger partial charge on any atom is -0.497 e. The maximum atomic E-state index is 12.9. The second-order valence-corrected chi connectivity index (χ2v) is 10.8. The zero-order valence-corrected chi connectivity index (χ0v) is 17.5. The standard InChI is InChI=1S/C19H24N4O3S2/c1-26-15-4-6-16(7-5-15)28(24,25)23-10-8-19(9-11-23)12-22(13-19)18-20-17(21-27-18)14-2-3-14/h4-7,14H,2-3,8-13H2,1H3. The van der Waals surface area contributed by atoms with E-state index in [1.807, 2.05) is 0 Å². The number of aromatic nitrogens is 2. The largest absolute Gasteiger partial charge is 0.497 e. The molecule has 28 heavy (non-hydrogen) atoms. The highest BCUT2D eigenvalue weighted by molar-refractivity contribution is 7.89. The second kappa shape index (κ2) is 6.67. The lowest BCUT2D eigenvalue weighted by atomic mass is 9.73. The highest BCUT2D eigenvalue weighted by Gasteiger charge is 2.47. The molecule has 0 atom stereocenters. The number of rotatable bonds is 5. The average molecular weight is 421 g/mol. The van der Waals surface area contributed by atoms with E-state index in [1.54, 1.807) is 35.7 Å². The van der Waals surface area contributed by atoms with Crippen LogP contribution in [0.4, 0.5) is 5.13 Å². The van der Waals surface area contributed by atoms with Gasteiger partial charge < -0.3 is 9.64 Å². The summed E-state index contributed by atoms with van der Waals surface area (Å²) < 4.78 is 37.1. The summed E-state index contributed by atoms with van der Waals surface area (Å²) in [4.78, 5) is 7.33. The molecule has 2 saturated heterocycles. The Labute approximate surface area is 169 Å². The molecule has 3 heterocycles. The first-order valence-corrected chi connectivity index (χ1v) is 11.9. The fourth-order valence-electron chi connectivity index (χ4n) is 4.17. The smallest absolute Gasteiger partial charge is 0.243 e. The monoisotopic (exact) mass is 420 g/mol. The van der Waals surface area contributed by atoms with Crippen LogP contribution >= 0.6 is 11.5 Å². The summed E-state index contributed by atoms with van der Waals surface area (Å²) in [7, 11) is -1.87. The van der Waals surface area contributed by atoms with Gasteiger partial charge in [-0.25, -0.2) is 13.4 Å². The predicted octanol–water partition coefficient (Wildman–Crippen LogP) is 2.72. The Balaban J connectivity index is 1.20. The minimum absolute atomic E-state index is 0.220. The summed E-state index contributed by atoms with van der Waals surface area (Å²) in [5.41, 5.74) is 0.220. The van der Waals surface area contributed by atoms with Crippen LogP contribution in [0.25, 0.3) is 0 Å². The summed E-state index contributed by atoms with van der Waals surface area (Å²) in [6.07, 6.45) is 4.23. The lowest BCUT2D eigenvalue weighted by Crippen LogP contribution is -2.61. The molecule has 150 valence electrons. The molecule has 3 aliphatic rings. The second-order valence-electron chi connectivity index (χ2n) is 8.15. The summed E-state index contributed by atoms with van der Waals surface area (Å²) in [5.74, 6) is 2.26. The molecule has 5 rings (SSSR count). The fraction of sp³-hybridized carbons (Fsp3) is 0.579. The average Bonchev–Trinajstić information content (AvgIpc) is 3.43. The van der Waals surface area contributed by atoms with Crippen LogP contribution in [0.2, 0.25) is 0 Å². The number of benzene rings is 1. The van der Waals surface area contributed by atoms with Crippen molar-refractivity contribution in [3.8, 4) is 5.75 Å². The molecular formula is C19H24N4O3S2. The first-order valence-electron chi connectivity index (χ1n) is 9.72. The third kappa shape index (κ3) is 3.19. The molecule has 1 aromatic heterocycles. The third-order valence-corrected chi connectivity index (χ3v) is 8.88. The molecule has 2 aromatic rings. The molecule has 0 unspecified atom stereocenters. The van der Waals surface area contributed by atoms with Crippen LogP contribution < -0.4 is 9.64 Å². The van der Waals surface area contributed by atoms with Gasteiger partial charge in [0.2, 0.25) is 15.2 Å². The van der Waals surface area contributed by atoms with Gasteiger partial charge in [0.25, 0.3) is 0 Å². The van der Waals surface area contributed by atoms with E-state index in [4.69, 9.17) is 9.72 Å². The number of anilines is 1. The van der Waals surface area contributed by atoms with E-state index in [0.717, 1.165) is 36.9 Å². The molecule has 7 nitrogen and oxygen atoms in total. The van der Waals surface area contributed by atoms with Crippen LogP contribution in [0.1, 0.15) is 37.4 Å². The molecular weight excluding hydrogens is 396 g/mol. The van der Waals surface area contributed by atoms with Crippen molar-refractivity contribution in [3.05, 3.63) is 30.1 Å². The Hall–Kier alpha value is -1.71. The first-order chi connectivity index (χ1) is 13.5. The molecule has 1 aliphatic carbocycles. The lowest BCUT2D eigenvalue weighted by molar-refractivity contribution is 0.114. The number of ether oxygens (including phenoxy) is 1. The molecule has 0 bridgehead atoms. The van der Waals surface area contributed by atoms with Gasteiger partial charge in [-0.15, -0.1) is 0 Å². The van der Waals surface area contributed by atoms with Crippen LogP contribution in [0, 0.1) is 5.41 Å². The van der Waals surface area contributed by atoms with Crippen molar-refractivity contribution >= 4 is 26.7 Å². The molecule has 0 radical (unpaired) electrons. The number of hydrogen-bond acceptors (Lipinski definition) is 7. The number of hydrogen-bond donors (Lipinski definition) is 0. The Morgan fingerprint density at radius 3 is 2.43 bits per heavy atom. The quantitative estimate of drug-likeness (QED) is 0.740. The van der Waals surface area contributed by atoms with Gasteiger partial charge in [0, 0.05) is 49.0 Å². The van der Waals surface area contributed by atoms with Gasteiger partial charge in [-0.1, -0.05) is 0 Å². The Morgan fingerprint density at radius 1 is 1.14 bits per heavy atom. The maximum Gasteiger partial charge on any atom is 0.243 e. The van der Waals surface area contributed by atoms with Gasteiger partial charge in [0.1, 0.15) is 11.6 Å². The van der Waals surface area contributed by atoms with Gasteiger partial charge in [0.15, 0.2) is 0 Å². The molecule has 1 spiro atoms. The summed E-state index contributed by atoms with van der Waals surface area (Å²) in [6, 6.07) is 6.63. The van der Waals surface area contributed by atoms with Crippen molar-refractivity contribution in [1.82, 2.24) is 13.7 Å². The Bertz CT molecular complexity index is 953. The molecule has 1 aromatic carbocycles. The van der Waals surface area contributed by atoms with Gasteiger partial charge in [-0.05, 0) is 49.9 Å². The number of nitrogens with zero attached hydrogens (tertiary/aromatic N) is 4. The zero-order valence-electron chi connectivity index (χ0n) is 15.9. The van der Waals surface area contributed by atoms with Crippen LogP contribution in [0.5, 0.6) is 5.75 Å². The number of sulfonamides is 1. The molecule has 0 amide bonds. The van der Waals surface area contributed by atoms with E-state index in [9.17, 15) is 8.42 Å². The SMILES string of the molecule is COc1ccc(S(=O)(=O)N2CCC3(CC2)CN(c2nc(C4CC4)ns2)C3)cc1. The minimum atomic E-state index is -3.44. The van der Waals surface area contributed by atoms with E-state index in [0.29, 0.717) is 29.7 Å². The maximum absolute atomic E-state index is 12.9. The van der Waals surface area contributed by atoms with E-state index in [-0.39, 0.29) is 5.41 Å². The Morgan fingerprint density at radius 2 is 1.82 bits per heavy atom. The van der Waals surface area contributed by atoms with Crippen LogP contribution in [0.3, 0.4) is 0 Å². The van der Waals surface area contributed by atoms with Crippen LogP contribution in [-0.4, -0.2) is 55.4 Å². The van der Waals surface area contributed by atoms with E-state index in [2.05, 4.69) is 9.27 Å². The van der Waals surface area contributed by atoms with E-state index >= 15 is 0 Å². The topological polar surface area (TPSA) is 75.6 Å². The number of piperidine rings is 1. The molecule has 0 N–H and O–H groups in total.